The summed E-state index contributed by atoms with van der Waals surface area (Å²) in [6.45, 7) is 0. The van der Waals surface area contributed by atoms with Crippen LogP contribution < -0.4 is 0 Å². The molecular formula is C11H8ClF2NO2. The molecular weight excluding hydrogens is 252 g/mol. The number of carboxylic acids is 1. The SMILES string of the molecule is N#Cc1c(CCl)cc(CC(=O)O)cc1C(F)F. The summed E-state index contributed by atoms with van der Waals surface area (Å²) >= 11 is 5.55. The third-order valence-electron chi connectivity index (χ3n) is 2.16. The van der Waals surface area contributed by atoms with Crippen LogP contribution in [0.2, 0.25) is 0 Å². The average molecular weight is 260 g/mol. The second-order valence-corrected chi connectivity index (χ2v) is 3.60. The molecule has 1 aromatic rings. The Morgan fingerprint density at radius 3 is 2.59 bits per heavy atom. The smallest absolute Gasteiger partial charge is 0.307 e. The Labute approximate surface area is 101 Å². The fraction of sp³-hybridized carbons (Fsp3) is 0.273. The van der Waals surface area contributed by atoms with Crippen LogP contribution >= 0.6 is 11.6 Å². The zero-order valence-corrected chi connectivity index (χ0v) is 9.34. The number of carbonyl (C=O) groups is 1. The van der Waals surface area contributed by atoms with Gasteiger partial charge in [-0.3, -0.25) is 4.79 Å². The van der Waals surface area contributed by atoms with Crippen LogP contribution in [0.1, 0.15) is 28.7 Å². The van der Waals surface area contributed by atoms with Gasteiger partial charge in [0.1, 0.15) is 0 Å². The summed E-state index contributed by atoms with van der Waals surface area (Å²) in [5.41, 5.74) is -0.211. The number of carboxylic acid groups (broad SMARTS) is 1. The molecule has 0 heterocycles. The summed E-state index contributed by atoms with van der Waals surface area (Å²) < 4.78 is 25.4. The van der Waals surface area contributed by atoms with Crippen molar-refractivity contribution in [3.63, 3.8) is 0 Å². The number of halogens is 3. The van der Waals surface area contributed by atoms with Crippen LogP contribution in [-0.4, -0.2) is 11.1 Å². The predicted octanol–water partition coefficient (Wildman–Crippen LogP) is 2.86. The largest absolute Gasteiger partial charge is 0.481 e. The summed E-state index contributed by atoms with van der Waals surface area (Å²) in [7, 11) is 0. The van der Waals surface area contributed by atoms with Crippen LogP contribution in [0.25, 0.3) is 0 Å². The molecule has 17 heavy (non-hydrogen) atoms. The number of hydrogen-bond acceptors (Lipinski definition) is 2. The lowest BCUT2D eigenvalue weighted by Crippen LogP contribution is -2.04. The van der Waals surface area contributed by atoms with Gasteiger partial charge in [0.25, 0.3) is 6.43 Å². The molecule has 3 nitrogen and oxygen atoms in total. The maximum absolute atomic E-state index is 12.7. The molecule has 90 valence electrons. The van der Waals surface area contributed by atoms with E-state index in [0.717, 1.165) is 6.07 Å². The monoisotopic (exact) mass is 259 g/mol. The molecule has 0 amide bonds. The van der Waals surface area contributed by atoms with Crippen LogP contribution in [0.3, 0.4) is 0 Å². The van der Waals surface area contributed by atoms with Crippen molar-refractivity contribution in [3.8, 4) is 6.07 Å². The number of aliphatic carboxylic acids is 1. The van der Waals surface area contributed by atoms with E-state index in [4.69, 9.17) is 22.0 Å². The number of hydrogen-bond donors (Lipinski definition) is 1. The van der Waals surface area contributed by atoms with Crippen molar-refractivity contribution in [2.45, 2.75) is 18.7 Å². The number of alkyl halides is 3. The zero-order valence-electron chi connectivity index (χ0n) is 8.58. The number of benzene rings is 1. The van der Waals surface area contributed by atoms with Gasteiger partial charge in [0, 0.05) is 11.4 Å². The van der Waals surface area contributed by atoms with Gasteiger partial charge in [-0.15, -0.1) is 11.6 Å². The maximum Gasteiger partial charge on any atom is 0.307 e. The van der Waals surface area contributed by atoms with E-state index < -0.39 is 18.0 Å². The summed E-state index contributed by atoms with van der Waals surface area (Å²) in [6, 6.07) is 4.07. The molecule has 0 aliphatic heterocycles. The first-order chi connectivity index (χ1) is 7.99. The molecule has 0 saturated carbocycles. The minimum Gasteiger partial charge on any atom is -0.481 e. The Balaban J connectivity index is 3.36. The van der Waals surface area contributed by atoms with Gasteiger partial charge in [-0.2, -0.15) is 5.26 Å². The zero-order chi connectivity index (χ0) is 13.0. The van der Waals surface area contributed by atoms with Crippen LogP contribution in [0.15, 0.2) is 12.1 Å². The molecule has 0 aliphatic rings. The van der Waals surface area contributed by atoms with Crippen molar-refractivity contribution < 1.29 is 18.7 Å². The second-order valence-electron chi connectivity index (χ2n) is 3.34. The highest BCUT2D eigenvalue weighted by Crippen LogP contribution is 2.27. The van der Waals surface area contributed by atoms with E-state index in [1.807, 2.05) is 0 Å². The lowest BCUT2D eigenvalue weighted by Gasteiger charge is -2.09. The minimum absolute atomic E-state index is 0.115. The van der Waals surface area contributed by atoms with Crippen molar-refractivity contribution in [1.82, 2.24) is 0 Å². The molecule has 0 atom stereocenters. The highest BCUT2D eigenvalue weighted by Gasteiger charge is 2.18. The van der Waals surface area contributed by atoms with E-state index in [-0.39, 0.29) is 29.0 Å². The Hall–Kier alpha value is -1.67. The summed E-state index contributed by atoms with van der Waals surface area (Å²) in [4.78, 5) is 10.5. The molecule has 0 aliphatic carbocycles. The Bertz CT molecular complexity index is 483. The van der Waals surface area contributed by atoms with E-state index in [1.165, 1.54) is 6.07 Å². The van der Waals surface area contributed by atoms with E-state index in [9.17, 15) is 13.6 Å². The Morgan fingerprint density at radius 2 is 2.18 bits per heavy atom. The Morgan fingerprint density at radius 1 is 1.53 bits per heavy atom. The highest BCUT2D eigenvalue weighted by atomic mass is 35.5. The van der Waals surface area contributed by atoms with Gasteiger partial charge < -0.3 is 5.11 Å². The van der Waals surface area contributed by atoms with Crippen LogP contribution in [0.5, 0.6) is 0 Å². The van der Waals surface area contributed by atoms with Gasteiger partial charge in [0.05, 0.1) is 18.1 Å². The van der Waals surface area contributed by atoms with E-state index in [0.29, 0.717) is 0 Å². The fourth-order valence-electron chi connectivity index (χ4n) is 1.49. The topological polar surface area (TPSA) is 61.1 Å². The third-order valence-corrected chi connectivity index (χ3v) is 2.44. The number of nitriles is 1. The quantitative estimate of drug-likeness (QED) is 0.846. The summed E-state index contributed by atoms with van der Waals surface area (Å²) in [5, 5.41) is 17.4. The van der Waals surface area contributed by atoms with Gasteiger partial charge in [-0.1, -0.05) is 6.07 Å². The van der Waals surface area contributed by atoms with E-state index in [1.54, 1.807) is 6.07 Å². The minimum atomic E-state index is -2.83. The summed E-state index contributed by atoms with van der Waals surface area (Å²) in [5.74, 6) is -1.24. The molecule has 0 saturated heterocycles. The van der Waals surface area contributed by atoms with Crippen LogP contribution in [-0.2, 0) is 17.1 Å². The lowest BCUT2D eigenvalue weighted by atomic mass is 9.98. The van der Waals surface area contributed by atoms with Crippen molar-refractivity contribution in [2.75, 3.05) is 0 Å². The van der Waals surface area contributed by atoms with Crippen molar-refractivity contribution in [2.24, 2.45) is 0 Å². The van der Waals surface area contributed by atoms with Crippen molar-refractivity contribution in [1.29, 1.82) is 5.26 Å². The van der Waals surface area contributed by atoms with Crippen LogP contribution in [0, 0.1) is 11.3 Å². The molecule has 6 heteroatoms. The van der Waals surface area contributed by atoms with E-state index >= 15 is 0 Å². The van der Waals surface area contributed by atoms with E-state index in [2.05, 4.69) is 0 Å². The molecule has 0 unspecified atom stereocenters. The molecule has 1 aromatic carbocycles. The average Bonchev–Trinajstić information content (AvgIpc) is 2.26. The molecule has 1 rings (SSSR count). The number of rotatable bonds is 4. The first-order valence-corrected chi connectivity index (χ1v) is 5.14. The molecule has 0 aromatic heterocycles. The van der Waals surface area contributed by atoms with Crippen LogP contribution in [0.4, 0.5) is 8.78 Å². The number of nitrogens with zero attached hydrogens (tertiary/aromatic N) is 1. The van der Waals surface area contributed by atoms with Gasteiger partial charge in [-0.25, -0.2) is 8.78 Å². The van der Waals surface area contributed by atoms with Crippen molar-refractivity contribution in [3.05, 3.63) is 34.4 Å². The molecule has 0 spiro atoms. The first kappa shape index (κ1) is 13.4. The first-order valence-electron chi connectivity index (χ1n) is 4.61. The predicted molar refractivity (Wildman–Crippen MR) is 57.0 cm³/mol. The second kappa shape index (κ2) is 5.60. The van der Waals surface area contributed by atoms with Gasteiger partial charge in [-0.05, 0) is 17.2 Å². The molecule has 0 radical (unpaired) electrons. The fourth-order valence-corrected chi connectivity index (χ4v) is 1.70. The van der Waals surface area contributed by atoms with Gasteiger partial charge in [0.2, 0.25) is 0 Å². The standard InChI is InChI=1S/C11H8ClF2NO2/c12-4-7-1-6(3-10(16)17)2-8(11(13)14)9(7)5-15/h1-2,11H,3-4H2,(H,16,17). The Kier molecular flexibility index (Phi) is 4.41. The normalized spacial score (nSPS) is 10.3. The summed E-state index contributed by atoms with van der Waals surface area (Å²) in [6.07, 6.45) is -3.21. The van der Waals surface area contributed by atoms with Gasteiger partial charge in [0.15, 0.2) is 0 Å². The maximum atomic E-state index is 12.7. The van der Waals surface area contributed by atoms with Gasteiger partial charge >= 0.3 is 5.97 Å². The van der Waals surface area contributed by atoms with Crippen molar-refractivity contribution >= 4 is 17.6 Å². The molecule has 0 bridgehead atoms. The lowest BCUT2D eigenvalue weighted by molar-refractivity contribution is -0.136. The molecule has 1 N–H and O–H groups in total. The molecule has 0 fully saturated rings. The third kappa shape index (κ3) is 3.14. The highest BCUT2D eigenvalue weighted by molar-refractivity contribution is 6.17.